The molecule has 0 saturated carbocycles. The number of halogens is 1. The van der Waals surface area contributed by atoms with Crippen LogP contribution in [0.4, 0.5) is 0 Å². The SMILES string of the molecule is COCCOCc1cccc(-c2nc(CCl)cs2)c1. The lowest BCUT2D eigenvalue weighted by atomic mass is 10.1. The molecule has 0 aliphatic carbocycles. The van der Waals surface area contributed by atoms with Gasteiger partial charge in [-0.1, -0.05) is 18.2 Å². The van der Waals surface area contributed by atoms with Gasteiger partial charge in [0.15, 0.2) is 0 Å². The van der Waals surface area contributed by atoms with Gasteiger partial charge >= 0.3 is 0 Å². The number of alkyl halides is 1. The molecular weight excluding hydrogens is 282 g/mol. The fourth-order valence-corrected chi connectivity index (χ4v) is 2.67. The highest BCUT2D eigenvalue weighted by molar-refractivity contribution is 7.13. The van der Waals surface area contributed by atoms with Crippen LogP contribution in [-0.2, 0) is 22.0 Å². The normalized spacial score (nSPS) is 10.8. The number of rotatable bonds is 7. The number of nitrogens with zero attached hydrogens (tertiary/aromatic N) is 1. The maximum Gasteiger partial charge on any atom is 0.123 e. The van der Waals surface area contributed by atoms with Crippen molar-refractivity contribution in [1.82, 2.24) is 4.98 Å². The van der Waals surface area contributed by atoms with Gasteiger partial charge in [0.05, 0.1) is 31.4 Å². The molecule has 0 spiro atoms. The number of aromatic nitrogens is 1. The second-order valence-corrected chi connectivity index (χ2v) is 5.15. The first kappa shape index (κ1) is 14.5. The van der Waals surface area contributed by atoms with Crippen LogP contribution in [0.1, 0.15) is 11.3 Å². The molecule has 0 aliphatic rings. The van der Waals surface area contributed by atoms with Gasteiger partial charge in [-0.25, -0.2) is 4.98 Å². The molecule has 0 amide bonds. The van der Waals surface area contributed by atoms with Crippen LogP contribution in [0.3, 0.4) is 0 Å². The molecule has 0 unspecified atom stereocenters. The van der Waals surface area contributed by atoms with Crippen LogP contribution in [0.25, 0.3) is 10.6 Å². The Balaban J connectivity index is 2.02. The summed E-state index contributed by atoms with van der Waals surface area (Å²) in [5.41, 5.74) is 3.16. The van der Waals surface area contributed by atoms with Gasteiger partial charge in [0, 0.05) is 18.1 Å². The second kappa shape index (κ2) is 7.60. The number of hydrogen-bond acceptors (Lipinski definition) is 4. The first-order valence-corrected chi connectivity index (χ1v) is 7.41. The average Bonchev–Trinajstić information content (AvgIpc) is 2.93. The molecule has 1 heterocycles. The summed E-state index contributed by atoms with van der Waals surface area (Å²) in [5.74, 6) is 0.455. The molecule has 1 aromatic heterocycles. The molecule has 5 heteroatoms. The molecule has 19 heavy (non-hydrogen) atoms. The molecule has 3 nitrogen and oxygen atoms in total. The van der Waals surface area contributed by atoms with Crippen molar-refractivity contribution in [3.8, 4) is 10.6 Å². The molecule has 102 valence electrons. The lowest BCUT2D eigenvalue weighted by molar-refractivity contribution is 0.0617. The molecule has 0 aliphatic heterocycles. The van der Waals surface area contributed by atoms with Gasteiger partial charge in [0.25, 0.3) is 0 Å². The Labute approximate surface area is 122 Å². The minimum absolute atomic E-state index is 0.455. The van der Waals surface area contributed by atoms with E-state index in [1.807, 2.05) is 17.5 Å². The maximum atomic E-state index is 5.77. The van der Waals surface area contributed by atoms with Crippen LogP contribution in [-0.4, -0.2) is 25.3 Å². The van der Waals surface area contributed by atoms with Crippen LogP contribution in [0.15, 0.2) is 29.6 Å². The molecule has 0 saturated heterocycles. The Morgan fingerprint density at radius 1 is 1.32 bits per heavy atom. The summed E-state index contributed by atoms with van der Waals surface area (Å²) >= 11 is 7.38. The Morgan fingerprint density at radius 2 is 2.21 bits per heavy atom. The van der Waals surface area contributed by atoms with E-state index in [0.29, 0.717) is 25.7 Å². The Morgan fingerprint density at radius 3 is 2.95 bits per heavy atom. The van der Waals surface area contributed by atoms with Crippen molar-refractivity contribution >= 4 is 22.9 Å². The summed E-state index contributed by atoms with van der Waals surface area (Å²) in [4.78, 5) is 4.48. The maximum absolute atomic E-state index is 5.77. The van der Waals surface area contributed by atoms with Gasteiger partial charge < -0.3 is 9.47 Å². The van der Waals surface area contributed by atoms with E-state index in [9.17, 15) is 0 Å². The highest BCUT2D eigenvalue weighted by Gasteiger charge is 2.05. The predicted octanol–water partition coefficient (Wildman–Crippen LogP) is 3.71. The number of thiazole rings is 1. The largest absolute Gasteiger partial charge is 0.382 e. The summed E-state index contributed by atoms with van der Waals surface area (Å²) < 4.78 is 10.5. The first-order chi connectivity index (χ1) is 9.33. The standard InChI is InChI=1S/C14H16ClNO2S/c1-17-5-6-18-9-11-3-2-4-12(7-11)14-16-13(8-15)10-19-14/h2-4,7,10H,5-6,8-9H2,1H3. The Kier molecular flexibility index (Phi) is 5.79. The number of methoxy groups -OCH3 is 1. The third-order valence-corrected chi connectivity index (χ3v) is 3.78. The van der Waals surface area contributed by atoms with E-state index >= 15 is 0 Å². The number of ether oxygens (including phenoxy) is 2. The van der Waals surface area contributed by atoms with Crippen molar-refractivity contribution in [2.75, 3.05) is 20.3 Å². The fraction of sp³-hybridized carbons (Fsp3) is 0.357. The summed E-state index contributed by atoms with van der Waals surface area (Å²) in [6, 6.07) is 8.22. The summed E-state index contributed by atoms with van der Waals surface area (Å²) in [6.45, 7) is 1.81. The van der Waals surface area contributed by atoms with E-state index in [0.717, 1.165) is 21.8 Å². The van der Waals surface area contributed by atoms with Crippen LogP contribution in [0.2, 0.25) is 0 Å². The topological polar surface area (TPSA) is 31.4 Å². The summed E-state index contributed by atoms with van der Waals surface area (Å²) in [6.07, 6.45) is 0. The van der Waals surface area contributed by atoms with E-state index in [4.69, 9.17) is 21.1 Å². The molecule has 0 fully saturated rings. The molecule has 1 aromatic carbocycles. The van der Waals surface area contributed by atoms with Gasteiger partial charge in [0.1, 0.15) is 5.01 Å². The Hall–Kier alpha value is -0.940. The molecule has 0 bridgehead atoms. The zero-order valence-corrected chi connectivity index (χ0v) is 12.3. The second-order valence-electron chi connectivity index (χ2n) is 4.02. The molecule has 2 rings (SSSR count). The van der Waals surface area contributed by atoms with Crippen LogP contribution < -0.4 is 0 Å². The zero-order chi connectivity index (χ0) is 13.5. The van der Waals surface area contributed by atoms with Gasteiger partial charge in [0.2, 0.25) is 0 Å². The van der Waals surface area contributed by atoms with Crippen molar-refractivity contribution in [3.05, 3.63) is 40.9 Å². The van der Waals surface area contributed by atoms with Gasteiger partial charge in [-0.15, -0.1) is 22.9 Å². The van der Waals surface area contributed by atoms with Crippen molar-refractivity contribution in [2.24, 2.45) is 0 Å². The third kappa shape index (κ3) is 4.28. The first-order valence-electron chi connectivity index (χ1n) is 6.00. The van der Waals surface area contributed by atoms with Crippen LogP contribution in [0, 0.1) is 0 Å². The minimum atomic E-state index is 0.455. The molecular formula is C14H16ClNO2S. The molecule has 0 N–H and O–H groups in total. The highest BCUT2D eigenvalue weighted by Crippen LogP contribution is 2.25. The van der Waals surface area contributed by atoms with E-state index in [-0.39, 0.29) is 0 Å². The lowest BCUT2D eigenvalue weighted by Crippen LogP contribution is -2.01. The minimum Gasteiger partial charge on any atom is -0.382 e. The van der Waals surface area contributed by atoms with E-state index < -0.39 is 0 Å². The fourth-order valence-electron chi connectivity index (χ4n) is 1.63. The van der Waals surface area contributed by atoms with Crippen molar-refractivity contribution in [2.45, 2.75) is 12.5 Å². The molecule has 0 atom stereocenters. The predicted molar refractivity (Wildman–Crippen MR) is 78.6 cm³/mol. The average molecular weight is 298 g/mol. The summed E-state index contributed by atoms with van der Waals surface area (Å²) in [7, 11) is 1.67. The smallest absolute Gasteiger partial charge is 0.123 e. The van der Waals surface area contributed by atoms with Crippen LogP contribution >= 0.6 is 22.9 Å². The van der Waals surface area contributed by atoms with Gasteiger partial charge in [-0.2, -0.15) is 0 Å². The van der Waals surface area contributed by atoms with Crippen molar-refractivity contribution in [3.63, 3.8) is 0 Å². The van der Waals surface area contributed by atoms with E-state index in [1.165, 1.54) is 0 Å². The zero-order valence-electron chi connectivity index (χ0n) is 10.8. The van der Waals surface area contributed by atoms with Crippen LogP contribution in [0.5, 0.6) is 0 Å². The highest BCUT2D eigenvalue weighted by atomic mass is 35.5. The number of benzene rings is 1. The van der Waals surface area contributed by atoms with Gasteiger partial charge in [-0.3, -0.25) is 0 Å². The quantitative estimate of drug-likeness (QED) is 0.577. The lowest BCUT2D eigenvalue weighted by Gasteiger charge is -2.05. The molecule has 2 aromatic rings. The number of hydrogen-bond donors (Lipinski definition) is 0. The van der Waals surface area contributed by atoms with E-state index in [2.05, 4.69) is 17.1 Å². The van der Waals surface area contributed by atoms with Gasteiger partial charge in [-0.05, 0) is 11.6 Å². The van der Waals surface area contributed by atoms with Crippen molar-refractivity contribution in [1.29, 1.82) is 0 Å². The monoisotopic (exact) mass is 297 g/mol. The summed E-state index contributed by atoms with van der Waals surface area (Å²) in [5, 5.41) is 2.98. The van der Waals surface area contributed by atoms with Crippen molar-refractivity contribution < 1.29 is 9.47 Å². The van der Waals surface area contributed by atoms with E-state index in [1.54, 1.807) is 18.4 Å². The molecule has 0 radical (unpaired) electrons. The third-order valence-electron chi connectivity index (χ3n) is 2.56. The Bertz CT molecular complexity index is 516.